The standard InChI is InChI=1S/C17H20N4O3S/c1-18-16(23)13-6-2-3-7-14(13)20-11-15(22)21-17(24)19-9-8-12-5-4-10-25-12/h2-7,10,20H,8-9,11H2,1H3,(H,18,23)(H2,19,21,22,24). The van der Waals surface area contributed by atoms with Crippen LogP contribution in [0.25, 0.3) is 0 Å². The molecule has 0 saturated carbocycles. The Morgan fingerprint density at radius 3 is 2.60 bits per heavy atom. The Morgan fingerprint density at radius 2 is 1.88 bits per heavy atom. The number of carbonyl (C=O) groups is 3. The number of rotatable bonds is 7. The smallest absolute Gasteiger partial charge is 0.321 e. The lowest BCUT2D eigenvalue weighted by molar-refractivity contribution is -0.118. The number of imide groups is 1. The van der Waals surface area contributed by atoms with Crippen molar-refractivity contribution in [2.45, 2.75) is 6.42 Å². The normalized spacial score (nSPS) is 9.96. The molecule has 4 N–H and O–H groups in total. The number of nitrogens with one attached hydrogen (secondary N) is 4. The molecule has 8 heteroatoms. The molecule has 132 valence electrons. The van der Waals surface area contributed by atoms with Crippen LogP contribution in [0, 0.1) is 0 Å². The first-order valence-electron chi connectivity index (χ1n) is 7.75. The van der Waals surface area contributed by atoms with Crippen LogP contribution in [0.3, 0.4) is 0 Å². The molecule has 0 aliphatic carbocycles. The van der Waals surface area contributed by atoms with E-state index in [-0.39, 0.29) is 12.5 Å². The van der Waals surface area contributed by atoms with Crippen LogP contribution >= 0.6 is 11.3 Å². The van der Waals surface area contributed by atoms with Gasteiger partial charge in [0.2, 0.25) is 5.91 Å². The minimum atomic E-state index is -0.539. The number of hydrogen-bond donors (Lipinski definition) is 4. The van der Waals surface area contributed by atoms with E-state index in [4.69, 9.17) is 0 Å². The third-order valence-electron chi connectivity index (χ3n) is 3.33. The molecule has 0 fully saturated rings. The molecule has 7 nitrogen and oxygen atoms in total. The molecule has 0 saturated heterocycles. The van der Waals surface area contributed by atoms with E-state index in [2.05, 4.69) is 21.3 Å². The van der Waals surface area contributed by atoms with Gasteiger partial charge in [0.05, 0.1) is 12.1 Å². The van der Waals surface area contributed by atoms with E-state index in [1.807, 2.05) is 17.5 Å². The number of thiophene rings is 1. The van der Waals surface area contributed by atoms with Crippen LogP contribution in [0.5, 0.6) is 0 Å². The van der Waals surface area contributed by atoms with E-state index in [0.717, 1.165) is 6.42 Å². The highest BCUT2D eigenvalue weighted by Gasteiger charge is 2.11. The van der Waals surface area contributed by atoms with E-state index in [1.54, 1.807) is 35.6 Å². The second kappa shape index (κ2) is 9.43. The SMILES string of the molecule is CNC(=O)c1ccccc1NCC(=O)NC(=O)NCCc1cccs1. The summed E-state index contributed by atoms with van der Waals surface area (Å²) >= 11 is 1.62. The summed E-state index contributed by atoms with van der Waals surface area (Å²) in [7, 11) is 1.53. The molecular weight excluding hydrogens is 340 g/mol. The molecule has 0 aliphatic rings. The quantitative estimate of drug-likeness (QED) is 0.602. The Hall–Kier alpha value is -2.87. The summed E-state index contributed by atoms with van der Waals surface area (Å²) in [6.07, 6.45) is 0.719. The van der Waals surface area contributed by atoms with Gasteiger partial charge in [-0.05, 0) is 30.0 Å². The minimum Gasteiger partial charge on any atom is -0.375 e. The maximum Gasteiger partial charge on any atom is 0.321 e. The van der Waals surface area contributed by atoms with Crippen LogP contribution in [0.2, 0.25) is 0 Å². The van der Waals surface area contributed by atoms with Crippen LogP contribution in [-0.2, 0) is 11.2 Å². The number of urea groups is 1. The zero-order valence-electron chi connectivity index (χ0n) is 13.8. The Kier molecular flexibility index (Phi) is 6.97. The van der Waals surface area contributed by atoms with Crippen molar-refractivity contribution in [2.75, 3.05) is 25.5 Å². The van der Waals surface area contributed by atoms with Crippen molar-refractivity contribution in [1.29, 1.82) is 0 Å². The van der Waals surface area contributed by atoms with Crippen LogP contribution in [0.1, 0.15) is 15.2 Å². The molecule has 25 heavy (non-hydrogen) atoms. The van der Waals surface area contributed by atoms with Crippen molar-refractivity contribution >= 4 is 34.9 Å². The molecule has 1 aromatic heterocycles. The maximum absolute atomic E-state index is 11.8. The number of amides is 4. The highest BCUT2D eigenvalue weighted by molar-refractivity contribution is 7.09. The van der Waals surface area contributed by atoms with Crippen molar-refractivity contribution in [3.63, 3.8) is 0 Å². The first-order valence-corrected chi connectivity index (χ1v) is 8.63. The summed E-state index contributed by atoms with van der Waals surface area (Å²) in [5, 5.41) is 12.2. The maximum atomic E-state index is 11.8. The summed E-state index contributed by atoms with van der Waals surface area (Å²) < 4.78 is 0. The van der Waals surface area contributed by atoms with Crippen molar-refractivity contribution < 1.29 is 14.4 Å². The highest BCUT2D eigenvalue weighted by atomic mass is 32.1. The van der Waals surface area contributed by atoms with Gasteiger partial charge in [-0.1, -0.05) is 18.2 Å². The van der Waals surface area contributed by atoms with Gasteiger partial charge in [0, 0.05) is 24.2 Å². The van der Waals surface area contributed by atoms with Gasteiger partial charge in [-0.25, -0.2) is 4.79 Å². The van der Waals surface area contributed by atoms with Gasteiger partial charge in [-0.2, -0.15) is 0 Å². The van der Waals surface area contributed by atoms with E-state index < -0.39 is 11.9 Å². The zero-order valence-corrected chi connectivity index (χ0v) is 14.6. The molecule has 4 amide bonds. The molecule has 1 aromatic carbocycles. The van der Waals surface area contributed by atoms with Crippen LogP contribution in [0.15, 0.2) is 41.8 Å². The lowest BCUT2D eigenvalue weighted by Crippen LogP contribution is -2.42. The van der Waals surface area contributed by atoms with Crippen molar-refractivity contribution in [1.82, 2.24) is 16.0 Å². The third kappa shape index (κ3) is 5.92. The van der Waals surface area contributed by atoms with E-state index in [1.165, 1.54) is 11.9 Å². The first kappa shape index (κ1) is 18.5. The topological polar surface area (TPSA) is 99.3 Å². The molecular formula is C17H20N4O3S. The van der Waals surface area contributed by atoms with E-state index in [0.29, 0.717) is 17.8 Å². The molecule has 2 aromatic rings. The molecule has 0 unspecified atom stereocenters. The highest BCUT2D eigenvalue weighted by Crippen LogP contribution is 2.14. The molecule has 2 rings (SSSR count). The summed E-state index contributed by atoms with van der Waals surface area (Å²) in [4.78, 5) is 36.4. The van der Waals surface area contributed by atoms with Gasteiger partial charge in [0.15, 0.2) is 0 Å². The summed E-state index contributed by atoms with van der Waals surface area (Å²) in [6, 6.07) is 10.2. The predicted octanol–water partition coefficient (Wildman–Crippen LogP) is 1.59. The Balaban J connectivity index is 1.75. The average molecular weight is 360 g/mol. The van der Waals surface area contributed by atoms with Gasteiger partial charge in [0.25, 0.3) is 5.91 Å². The van der Waals surface area contributed by atoms with Crippen LogP contribution in [0.4, 0.5) is 10.5 Å². The zero-order chi connectivity index (χ0) is 18.1. The Bertz CT molecular complexity index is 731. The number of carbonyl (C=O) groups excluding carboxylic acids is 3. The van der Waals surface area contributed by atoms with Gasteiger partial charge < -0.3 is 16.0 Å². The Morgan fingerprint density at radius 1 is 1.08 bits per heavy atom. The van der Waals surface area contributed by atoms with Gasteiger partial charge in [-0.15, -0.1) is 11.3 Å². The predicted molar refractivity (Wildman–Crippen MR) is 97.9 cm³/mol. The summed E-state index contributed by atoms with van der Waals surface area (Å²) in [5.41, 5.74) is 0.952. The van der Waals surface area contributed by atoms with Gasteiger partial charge >= 0.3 is 6.03 Å². The van der Waals surface area contributed by atoms with E-state index in [9.17, 15) is 14.4 Å². The van der Waals surface area contributed by atoms with Gasteiger partial charge in [0.1, 0.15) is 0 Å². The fourth-order valence-electron chi connectivity index (χ4n) is 2.11. The average Bonchev–Trinajstić information content (AvgIpc) is 3.13. The fourth-order valence-corrected chi connectivity index (χ4v) is 2.82. The lowest BCUT2D eigenvalue weighted by Gasteiger charge is -2.11. The fraction of sp³-hybridized carbons (Fsp3) is 0.235. The summed E-state index contributed by atoms with van der Waals surface area (Å²) in [6.45, 7) is 0.332. The number of benzene rings is 1. The number of para-hydroxylation sites is 1. The Labute approximate surface area is 149 Å². The summed E-state index contributed by atoms with van der Waals surface area (Å²) in [5.74, 6) is -0.741. The number of anilines is 1. The molecule has 0 atom stereocenters. The van der Waals surface area contributed by atoms with E-state index >= 15 is 0 Å². The monoisotopic (exact) mass is 360 g/mol. The van der Waals surface area contributed by atoms with Crippen LogP contribution in [-0.4, -0.2) is 38.0 Å². The molecule has 1 heterocycles. The van der Waals surface area contributed by atoms with Crippen molar-refractivity contribution in [2.24, 2.45) is 0 Å². The molecule has 0 spiro atoms. The molecule has 0 radical (unpaired) electrons. The first-order chi connectivity index (χ1) is 12.1. The van der Waals surface area contributed by atoms with Crippen molar-refractivity contribution in [3.8, 4) is 0 Å². The third-order valence-corrected chi connectivity index (χ3v) is 4.26. The minimum absolute atomic E-state index is 0.119. The largest absolute Gasteiger partial charge is 0.375 e. The lowest BCUT2D eigenvalue weighted by atomic mass is 10.1. The second-order valence-electron chi connectivity index (χ2n) is 5.11. The van der Waals surface area contributed by atoms with Crippen molar-refractivity contribution in [3.05, 3.63) is 52.2 Å². The molecule has 0 bridgehead atoms. The molecule has 0 aliphatic heterocycles. The number of hydrogen-bond acceptors (Lipinski definition) is 5. The van der Waals surface area contributed by atoms with Crippen LogP contribution < -0.4 is 21.3 Å². The second-order valence-corrected chi connectivity index (χ2v) is 6.14. The van der Waals surface area contributed by atoms with Gasteiger partial charge in [-0.3, -0.25) is 14.9 Å².